The Balaban J connectivity index is 1.68. The van der Waals surface area contributed by atoms with Crippen LogP contribution in [0.1, 0.15) is 69.1 Å². The minimum absolute atomic E-state index is 0.605. The molecule has 0 unspecified atom stereocenters. The Hall–Kier alpha value is -3.07. The van der Waals surface area contributed by atoms with E-state index >= 15 is 0 Å². The summed E-state index contributed by atoms with van der Waals surface area (Å²) in [4.78, 5) is 0. The molecule has 1 N–H and O–H groups in total. The Kier molecular flexibility index (Phi) is 7.26. The summed E-state index contributed by atoms with van der Waals surface area (Å²) in [5, 5.41) is 15.9. The summed E-state index contributed by atoms with van der Waals surface area (Å²) in [5.74, 6) is 0. The zero-order valence-electron chi connectivity index (χ0n) is 19.3. The fourth-order valence-electron chi connectivity index (χ4n) is 4.78. The van der Waals surface area contributed by atoms with Gasteiger partial charge in [0.25, 0.3) is 0 Å². The highest BCUT2D eigenvalue weighted by molar-refractivity contribution is 6.16. The van der Waals surface area contributed by atoms with Gasteiger partial charge in [0.05, 0.1) is 0 Å². The molecule has 4 rings (SSSR count). The van der Waals surface area contributed by atoms with E-state index in [1.54, 1.807) is 0 Å². The molecular formula is C29H34N2O. The second kappa shape index (κ2) is 10.5. The highest BCUT2D eigenvalue weighted by atomic mass is 16.4. The lowest BCUT2D eigenvalue weighted by Gasteiger charge is -2.06. The molecule has 0 saturated heterocycles. The average molecular weight is 427 g/mol. The van der Waals surface area contributed by atoms with Gasteiger partial charge in [0.15, 0.2) is 0 Å². The van der Waals surface area contributed by atoms with Crippen LogP contribution in [0.15, 0.2) is 71.9 Å². The number of hydrogen-bond acceptors (Lipinski definition) is 2. The van der Waals surface area contributed by atoms with Gasteiger partial charge in [0.2, 0.25) is 0 Å². The van der Waals surface area contributed by atoms with Gasteiger partial charge in [-0.25, -0.2) is 0 Å². The number of hydrogen-bond donors (Lipinski definition) is 1. The maximum absolute atomic E-state index is 9.77. The molecule has 0 aliphatic carbocycles. The summed E-state index contributed by atoms with van der Waals surface area (Å²) in [6.07, 6.45) is 9.05. The minimum Gasteiger partial charge on any atom is -0.410 e. The van der Waals surface area contributed by atoms with Crippen LogP contribution in [0.2, 0.25) is 0 Å². The summed E-state index contributed by atoms with van der Waals surface area (Å²) in [7, 11) is 0. The molecule has 0 aliphatic heterocycles. The molecule has 4 aromatic rings. The molecular weight excluding hydrogens is 392 g/mol. The Bertz CT molecular complexity index is 1200. The van der Waals surface area contributed by atoms with E-state index in [9.17, 15) is 5.21 Å². The van der Waals surface area contributed by atoms with Crippen molar-refractivity contribution in [1.82, 2.24) is 4.57 Å². The quantitative estimate of drug-likeness (QED) is 0.119. The molecule has 3 nitrogen and oxygen atoms in total. The molecule has 0 aliphatic rings. The summed E-state index contributed by atoms with van der Waals surface area (Å²) in [6, 6.07) is 23.2. The highest BCUT2D eigenvalue weighted by Gasteiger charge is 2.14. The summed E-state index contributed by atoms with van der Waals surface area (Å²) >= 11 is 0. The monoisotopic (exact) mass is 426 g/mol. The number of fused-ring (bicyclic) bond motifs is 3. The van der Waals surface area contributed by atoms with Crippen molar-refractivity contribution in [2.75, 3.05) is 0 Å². The van der Waals surface area contributed by atoms with Gasteiger partial charge in [0.1, 0.15) is 5.71 Å². The Morgan fingerprint density at radius 2 is 1.44 bits per heavy atom. The van der Waals surface area contributed by atoms with Crippen LogP contribution in [0.25, 0.3) is 21.8 Å². The molecule has 0 fully saturated rings. The molecule has 1 aromatic heterocycles. The fourth-order valence-corrected chi connectivity index (χ4v) is 4.78. The number of unbranched alkanes of at least 4 members (excludes halogenated alkanes) is 5. The average Bonchev–Trinajstić information content (AvgIpc) is 3.15. The lowest BCUT2D eigenvalue weighted by molar-refractivity contribution is 0.319. The molecule has 0 spiro atoms. The second-order valence-corrected chi connectivity index (χ2v) is 8.66. The third-order valence-corrected chi connectivity index (χ3v) is 6.49. The maximum Gasteiger partial charge on any atom is 0.117 e. The standard InChI is InChI=1S/C29H34N2O/c1-3-5-6-7-8-10-13-22-16-18-27-25(20-22)26-21-24(17-19-28(26)31(27)4-2)29(30-32)23-14-11-9-12-15-23/h9,11-12,14-21,32H,3-8,10,13H2,1-2H3. The van der Waals surface area contributed by atoms with Crippen molar-refractivity contribution in [2.24, 2.45) is 5.16 Å². The molecule has 3 aromatic carbocycles. The van der Waals surface area contributed by atoms with Crippen molar-refractivity contribution in [2.45, 2.75) is 65.3 Å². The van der Waals surface area contributed by atoms with E-state index < -0.39 is 0 Å². The number of benzene rings is 3. The molecule has 0 atom stereocenters. The van der Waals surface area contributed by atoms with Crippen LogP contribution in [-0.2, 0) is 13.0 Å². The topological polar surface area (TPSA) is 37.5 Å². The van der Waals surface area contributed by atoms with Crippen LogP contribution in [0.4, 0.5) is 0 Å². The normalized spacial score (nSPS) is 12.1. The fraction of sp³-hybridized carbons (Fsp3) is 0.345. The Morgan fingerprint density at radius 1 is 0.750 bits per heavy atom. The van der Waals surface area contributed by atoms with Gasteiger partial charge in [-0.2, -0.15) is 0 Å². The van der Waals surface area contributed by atoms with E-state index in [4.69, 9.17) is 0 Å². The summed E-state index contributed by atoms with van der Waals surface area (Å²) in [5.41, 5.74) is 6.36. The SMILES string of the molecule is CCCCCCCCc1ccc2c(c1)c1cc(C(=NO)c3ccccc3)ccc1n2CC. The van der Waals surface area contributed by atoms with Crippen LogP contribution >= 0.6 is 0 Å². The van der Waals surface area contributed by atoms with Crippen LogP contribution in [0.3, 0.4) is 0 Å². The van der Waals surface area contributed by atoms with Gasteiger partial charge in [-0.05, 0) is 49.6 Å². The van der Waals surface area contributed by atoms with E-state index in [0.717, 1.165) is 24.1 Å². The summed E-state index contributed by atoms with van der Waals surface area (Å²) in [6.45, 7) is 5.39. The van der Waals surface area contributed by atoms with E-state index in [2.05, 4.69) is 60.0 Å². The first kappa shape index (κ1) is 22.1. The predicted molar refractivity (Wildman–Crippen MR) is 136 cm³/mol. The van der Waals surface area contributed by atoms with Crippen molar-refractivity contribution < 1.29 is 5.21 Å². The molecule has 1 heterocycles. The molecule has 32 heavy (non-hydrogen) atoms. The molecule has 0 bridgehead atoms. The maximum atomic E-state index is 9.77. The van der Waals surface area contributed by atoms with Crippen LogP contribution < -0.4 is 0 Å². The van der Waals surface area contributed by atoms with E-state index in [-0.39, 0.29) is 0 Å². The smallest absolute Gasteiger partial charge is 0.117 e. The van der Waals surface area contributed by atoms with Gasteiger partial charge >= 0.3 is 0 Å². The first-order valence-electron chi connectivity index (χ1n) is 12.1. The van der Waals surface area contributed by atoms with E-state index in [0.29, 0.717) is 5.71 Å². The lowest BCUT2D eigenvalue weighted by Crippen LogP contribution is -2.03. The van der Waals surface area contributed by atoms with Gasteiger partial charge in [-0.15, -0.1) is 0 Å². The molecule has 166 valence electrons. The van der Waals surface area contributed by atoms with Crippen LogP contribution in [0, 0.1) is 0 Å². The van der Waals surface area contributed by atoms with Crippen LogP contribution in [-0.4, -0.2) is 15.5 Å². The van der Waals surface area contributed by atoms with Crippen molar-refractivity contribution in [1.29, 1.82) is 0 Å². The summed E-state index contributed by atoms with van der Waals surface area (Å²) < 4.78 is 2.38. The first-order chi connectivity index (χ1) is 15.8. The molecule has 3 heteroatoms. The van der Waals surface area contributed by atoms with Gasteiger partial charge in [-0.3, -0.25) is 0 Å². The third-order valence-electron chi connectivity index (χ3n) is 6.49. The molecule has 0 amide bonds. The van der Waals surface area contributed by atoms with Gasteiger partial charge < -0.3 is 9.77 Å². The number of nitrogens with zero attached hydrogens (tertiary/aromatic N) is 2. The number of aryl methyl sites for hydroxylation is 2. The predicted octanol–water partition coefficient (Wildman–Crippen LogP) is 7.94. The third kappa shape index (κ3) is 4.57. The Morgan fingerprint density at radius 3 is 2.16 bits per heavy atom. The first-order valence-corrected chi connectivity index (χ1v) is 12.1. The molecule has 0 radical (unpaired) electrons. The van der Waals surface area contributed by atoms with Crippen molar-refractivity contribution in [3.05, 3.63) is 83.4 Å². The van der Waals surface area contributed by atoms with Crippen molar-refractivity contribution in [3.63, 3.8) is 0 Å². The zero-order chi connectivity index (χ0) is 22.3. The highest BCUT2D eigenvalue weighted by Crippen LogP contribution is 2.31. The van der Waals surface area contributed by atoms with Crippen molar-refractivity contribution in [3.8, 4) is 0 Å². The van der Waals surface area contributed by atoms with Crippen molar-refractivity contribution >= 4 is 27.5 Å². The Labute approximate surface area is 191 Å². The largest absolute Gasteiger partial charge is 0.410 e. The minimum atomic E-state index is 0.605. The number of oxime groups is 1. The van der Waals surface area contributed by atoms with E-state index in [1.165, 1.54) is 65.9 Å². The van der Waals surface area contributed by atoms with Crippen LogP contribution in [0.5, 0.6) is 0 Å². The lowest BCUT2D eigenvalue weighted by atomic mass is 9.99. The number of aromatic nitrogens is 1. The number of rotatable bonds is 10. The van der Waals surface area contributed by atoms with E-state index in [1.807, 2.05) is 30.3 Å². The zero-order valence-corrected chi connectivity index (χ0v) is 19.3. The molecule has 0 saturated carbocycles. The van der Waals surface area contributed by atoms with Gasteiger partial charge in [0, 0.05) is 39.5 Å². The van der Waals surface area contributed by atoms with Gasteiger partial charge in [-0.1, -0.05) is 86.6 Å². The second-order valence-electron chi connectivity index (χ2n) is 8.66.